The molecule has 0 bridgehead atoms. The standard InChI is InChI=1S/C28H20FN7O2/c1-17-15-24(31-26(37)20-9-7-19(8-10-20)18-5-3-2-4-6-18)36(34-17)28-32-25-23(27(38)33-28)16-30-35(25)22-13-11-21(29)12-14-22/h2-16H,1H3,(H,31,37)(H,32,33,38). The molecule has 0 aliphatic heterocycles. The SMILES string of the molecule is Cc1cc(NC(=O)c2ccc(-c3ccccc3)cc2)n(-c2nc3c(cnn3-c3ccc(F)cc3)c(=O)[nH]2)n1. The van der Waals surface area contributed by atoms with Gasteiger partial charge in [0.25, 0.3) is 11.5 Å². The molecule has 10 heteroatoms. The molecule has 3 heterocycles. The number of amides is 1. The zero-order valence-corrected chi connectivity index (χ0v) is 20.1. The number of benzene rings is 3. The summed E-state index contributed by atoms with van der Waals surface area (Å²) in [7, 11) is 0. The summed E-state index contributed by atoms with van der Waals surface area (Å²) in [5.41, 5.74) is 3.48. The van der Waals surface area contributed by atoms with Gasteiger partial charge in [0, 0.05) is 11.6 Å². The summed E-state index contributed by atoms with van der Waals surface area (Å²) in [6.07, 6.45) is 1.39. The number of carbonyl (C=O) groups excluding carboxylic acids is 1. The Morgan fingerprint density at radius 1 is 0.921 bits per heavy atom. The molecule has 6 rings (SSSR count). The quantitative estimate of drug-likeness (QED) is 0.354. The van der Waals surface area contributed by atoms with Crippen molar-refractivity contribution < 1.29 is 9.18 Å². The highest BCUT2D eigenvalue weighted by Gasteiger charge is 2.17. The van der Waals surface area contributed by atoms with Crippen LogP contribution in [0.4, 0.5) is 10.2 Å². The highest BCUT2D eigenvalue weighted by molar-refractivity contribution is 6.04. The van der Waals surface area contributed by atoms with Crippen molar-refractivity contribution in [1.29, 1.82) is 0 Å². The van der Waals surface area contributed by atoms with Crippen LogP contribution >= 0.6 is 0 Å². The number of rotatable bonds is 5. The molecule has 0 saturated heterocycles. The molecule has 0 fully saturated rings. The number of fused-ring (bicyclic) bond motifs is 1. The number of halogens is 1. The minimum absolute atomic E-state index is 0.0918. The number of aryl methyl sites for hydroxylation is 1. The minimum Gasteiger partial charge on any atom is -0.306 e. The fourth-order valence-electron chi connectivity index (χ4n) is 4.16. The number of anilines is 1. The van der Waals surface area contributed by atoms with Gasteiger partial charge in [-0.15, -0.1) is 0 Å². The minimum atomic E-state index is -0.430. The van der Waals surface area contributed by atoms with E-state index in [4.69, 9.17) is 0 Å². The van der Waals surface area contributed by atoms with Crippen LogP contribution in [-0.4, -0.2) is 35.4 Å². The summed E-state index contributed by atoms with van der Waals surface area (Å²) in [4.78, 5) is 33.2. The van der Waals surface area contributed by atoms with Crippen LogP contribution in [0.5, 0.6) is 0 Å². The van der Waals surface area contributed by atoms with Crippen LogP contribution in [-0.2, 0) is 0 Å². The van der Waals surface area contributed by atoms with E-state index < -0.39 is 5.56 Å². The third kappa shape index (κ3) is 4.24. The molecule has 0 aliphatic carbocycles. The lowest BCUT2D eigenvalue weighted by atomic mass is 10.0. The maximum atomic E-state index is 13.4. The van der Waals surface area contributed by atoms with Gasteiger partial charge in [-0.3, -0.25) is 14.6 Å². The predicted octanol–water partition coefficient (Wildman–Crippen LogP) is 4.66. The first-order chi connectivity index (χ1) is 18.5. The summed E-state index contributed by atoms with van der Waals surface area (Å²) in [5.74, 6) is -0.312. The molecule has 0 atom stereocenters. The summed E-state index contributed by atoms with van der Waals surface area (Å²) in [5, 5.41) is 11.8. The van der Waals surface area contributed by atoms with E-state index in [2.05, 4.69) is 25.5 Å². The van der Waals surface area contributed by atoms with Crippen LogP contribution in [0, 0.1) is 12.7 Å². The molecule has 0 radical (unpaired) electrons. The van der Waals surface area contributed by atoms with E-state index in [1.165, 1.54) is 39.8 Å². The first-order valence-electron chi connectivity index (χ1n) is 11.7. The van der Waals surface area contributed by atoms with Gasteiger partial charge in [-0.1, -0.05) is 42.5 Å². The average Bonchev–Trinajstić information content (AvgIpc) is 3.53. The molecule has 3 aromatic carbocycles. The van der Waals surface area contributed by atoms with Crippen LogP contribution in [0.1, 0.15) is 16.1 Å². The third-order valence-electron chi connectivity index (χ3n) is 6.02. The van der Waals surface area contributed by atoms with Gasteiger partial charge in [0.15, 0.2) is 5.65 Å². The van der Waals surface area contributed by atoms with Crippen LogP contribution in [0.15, 0.2) is 95.9 Å². The molecule has 186 valence electrons. The Bertz CT molecular complexity index is 1840. The molecule has 38 heavy (non-hydrogen) atoms. The topological polar surface area (TPSA) is 110 Å². The number of nitrogens with zero attached hydrogens (tertiary/aromatic N) is 5. The van der Waals surface area contributed by atoms with Gasteiger partial charge < -0.3 is 5.32 Å². The molecular weight excluding hydrogens is 485 g/mol. The second-order valence-electron chi connectivity index (χ2n) is 8.64. The first-order valence-corrected chi connectivity index (χ1v) is 11.7. The Labute approximate surface area is 215 Å². The number of hydrogen-bond acceptors (Lipinski definition) is 5. The summed E-state index contributed by atoms with van der Waals surface area (Å²) < 4.78 is 16.2. The molecule has 0 spiro atoms. The molecule has 6 aromatic rings. The maximum absolute atomic E-state index is 13.4. The Balaban J connectivity index is 1.33. The van der Waals surface area contributed by atoms with E-state index in [1.54, 1.807) is 25.1 Å². The van der Waals surface area contributed by atoms with Gasteiger partial charge in [-0.25, -0.2) is 9.07 Å². The third-order valence-corrected chi connectivity index (χ3v) is 6.02. The molecule has 1 amide bonds. The van der Waals surface area contributed by atoms with Crippen molar-refractivity contribution in [3.63, 3.8) is 0 Å². The Morgan fingerprint density at radius 2 is 1.63 bits per heavy atom. The predicted molar refractivity (Wildman–Crippen MR) is 141 cm³/mol. The van der Waals surface area contributed by atoms with E-state index in [1.807, 2.05) is 42.5 Å². The van der Waals surface area contributed by atoms with Gasteiger partial charge in [-0.05, 0) is 54.4 Å². The number of H-pyrrole nitrogens is 1. The molecular formula is C28H20FN7O2. The van der Waals surface area contributed by atoms with Gasteiger partial charge in [-0.2, -0.15) is 19.9 Å². The lowest BCUT2D eigenvalue weighted by Crippen LogP contribution is -2.19. The zero-order valence-electron chi connectivity index (χ0n) is 20.1. The van der Waals surface area contributed by atoms with Crippen LogP contribution < -0.4 is 10.9 Å². The fourth-order valence-corrected chi connectivity index (χ4v) is 4.16. The molecule has 0 saturated carbocycles. The first kappa shape index (κ1) is 23.0. The normalized spacial score (nSPS) is 11.1. The maximum Gasteiger partial charge on any atom is 0.263 e. The molecule has 2 N–H and O–H groups in total. The molecule has 0 aliphatic rings. The van der Waals surface area contributed by atoms with Crippen molar-refractivity contribution in [3.05, 3.63) is 119 Å². The lowest BCUT2D eigenvalue weighted by Gasteiger charge is -2.09. The van der Waals surface area contributed by atoms with Crippen LogP contribution in [0.3, 0.4) is 0 Å². The number of carbonyl (C=O) groups is 1. The molecule has 9 nitrogen and oxygen atoms in total. The molecule has 0 unspecified atom stereocenters. The summed E-state index contributed by atoms with van der Waals surface area (Å²) >= 11 is 0. The number of hydrogen-bond donors (Lipinski definition) is 2. The van der Waals surface area contributed by atoms with E-state index in [-0.39, 0.29) is 28.7 Å². The highest BCUT2D eigenvalue weighted by Crippen LogP contribution is 2.21. The van der Waals surface area contributed by atoms with Crippen molar-refractivity contribution in [2.75, 3.05) is 5.32 Å². The van der Waals surface area contributed by atoms with Gasteiger partial charge in [0.2, 0.25) is 5.95 Å². The Morgan fingerprint density at radius 3 is 2.37 bits per heavy atom. The molecule has 3 aromatic heterocycles. The van der Waals surface area contributed by atoms with Crippen molar-refractivity contribution in [2.45, 2.75) is 6.92 Å². The summed E-state index contributed by atoms with van der Waals surface area (Å²) in [6, 6.07) is 24.5. The summed E-state index contributed by atoms with van der Waals surface area (Å²) in [6.45, 7) is 1.76. The van der Waals surface area contributed by atoms with E-state index in [9.17, 15) is 14.0 Å². The monoisotopic (exact) mass is 505 g/mol. The highest BCUT2D eigenvalue weighted by atomic mass is 19.1. The van der Waals surface area contributed by atoms with Crippen LogP contribution in [0.2, 0.25) is 0 Å². The van der Waals surface area contributed by atoms with Crippen molar-refractivity contribution in [2.24, 2.45) is 0 Å². The fraction of sp³-hybridized carbons (Fsp3) is 0.0357. The Kier molecular flexibility index (Phi) is 5.61. The lowest BCUT2D eigenvalue weighted by molar-refractivity contribution is 0.102. The largest absolute Gasteiger partial charge is 0.306 e. The van der Waals surface area contributed by atoms with Gasteiger partial charge in [0.05, 0.1) is 17.6 Å². The van der Waals surface area contributed by atoms with Crippen molar-refractivity contribution in [1.82, 2.24) is 29.5 Å². The number of aromatic amines is 1. The van der Waals surface area contributed by atoms with Crippen LogP contribution in [0.25, 0.3) is 33.8 Å². The Hall–Kier alpha value is -5.38. The van der Waals surface area contributed by atoms with Crippen molar-refractivity contribution in [3.8, 4) is 22.8 Å². The van der Waals surface area contributed by atoms with Crippen molar-refractivity contribution >= 4 is 22.8 Å². The van der Waals surface area contributed by atoms with E-state index in [0.717, 1.165) is 11.1 Å². The van der Waals surface area contributed by atoms with Gasteiger partial charge >= 0.3 is 0 Å². The number of nitrogens with one attached hydrogen (secondary N) is 2. The van der Waals surface area contributed by atoms with Gasteiger partial charge in [0.1, 0.15) is 17.0 Å². The van der Waals surface area contributed by atoms with E-state index in [0.29, 0.717) is 22.8 Å². The smallest absolute Gasteiger partial charge is 0.263 e. The number of aromatic nitrogens is 6. The second kappa shape index (κ2) is 9.25. The zero-order chi connectivity index (χ0) is 26.2. The van der Waals surface area contributed by atoms with E-state index >= 15 is 0 Å². The average molecular weight is 506 g/mol. The second-order valence-corrected chi connectivity index (χ2v) is 8.64.